The Hall–Kier alpha value is -1.51. The zero-order chi connectivity index (χ0) is 13.0. The van der Waals surface area contributed by atoms with Crippen LogP contribution >= 0.6 is 0 Å². The average molecular weight is 235 g/mol. The molecule has 94 valence electrons. The van der Waals surface area contributed by atoms with Crippen LogP contribution in [-0.2, 0) is 0 Å². The van der Waals surface area contributed by atoms with Gasteiger partial charge < -0.3 is 10.4 Å². The highest BCUT2D eigenvalue weighted by molar-refractivity contribution is 5.89. The van der Waals surface area contributed by atoms with Crippen molar-refractivity contribution in [1.82, 2.24) is 0 Å². The Morgan fingerprint density at radius 2 is 2.00 bits per heavy atom. The number of nitrogens with one attached hydrogen (secondary N) is 1. The molecule has 1 aromatic carbocycles. The van der Waals surface area contributed by atoms with Crippen molar-refractivity contribution in [2.45, 2.75) is 27.7 Å². The third kappa shape index (κ3) is 3.77. The molecule has 3 heteroatoms. The van der Waals surface area contributed by atoms with Gasteiger partial charge in [-0.05, 0) is 42.5 Å². The van der Waals surface area contributed by atoms with Crippen molar-refractivity contribution < 1.29 is 9.90 Å². The molecule has 0 saturated heterocycles. The third-order valence-electron chi connectivity index (χ3n) is 3.22. The van der Waals surface area contributed by atoms with Crippen molar-refractivity contribution in [2.75, 3.05) is 11.9 Å². The lowest BCUT2D eigenvalue weighted by Gasteiger charge is -2.17. The van der Waals surface area contributed by atoms with Crippen LogP contribution in [0.1, 0.15) is 36.7 Å². The van der Waals surface area contributed by atoms with Crippen LogP contribution in [0.2, 0.25) is 0 Å². The van der Waals surface area contributed by atoms with E-state index in [-0.39, 0.29) is 0 Å². The maximum absolute atomic E-state index is 10.9. The van der Waals surface area contributed by atoms with Gasteiger partial charge in [0.1, 0.15) is 0 Å². The fourth-order valence-electron chi connectivity index (χ4n) is 1.53. The van der Waals surface area contributed by atoms with Crippen LogP contribution < -0.4 is 5.32 Å². The van der Waals surface area contributed by atoms with Gasteiger partial charge in [-0.2, -0.15) is 0 Å². The van der Waals surface area contributed by atoms with Gasteiger partial charge in [-0.1, -0.05) is 20.8 Å². The van der Waals surface area contributed by atoms with Gasteiger partial charge in [0.05, 0.1) is 5.56 Å². The van der Waals surface area contributed by atoms with Gasteiger partial charge in [0.2, 0.25) is 0 Å². The first-order chi connectivity index (χ1) is 7.91. The average Bonchev–Trinajstić information content (AvgIpc) is 2.25. The molecule has 0 aliphatic carbocycles. The first kappa shape index (κ1) is 13.6. The Morgan fingerprint density at radius 1 is 1.35 bits per heavy atom. The molecule has 0 fully saturated rings. The molecule has 0 radical (unpaired) electrons. The molecule has 0 amide bonds. The number of carboxylic acid groups (broad SMARTS) is 1. The molecule has 0 aliphatic rings. The van der Waals surface area contributed by atoms with E-state index in [0.717, 1.165) is 17.8 Å². The number of aryl methyl sites for hydroxylation is 1. The lowest BCUT2D eigenvalue weighted by molar-refractivity contribution is 0.0696. The number of rotatable bonds is 5. The van der Waals surface area contributed by atoms with Gasteiger partial charge in [0.25, 0.3) is 0 Å². The summed E-state index contributed by atoms with van der Waals surface area (Å²) in [6, 6.07) is 5.36. The summed E-state index contributed by atoms with van der Waals surface area (Å²) in [6.45, 7) is 9.33. The van der Waals surface area contributed by atoms with E-state index in [2.05, 4.69) is 26.1 Å². The number of hydrogen-bond donors (Lipinski definition) is 2. The minimum atomic E-state index is -0.871. The number of carbonyl (C=O) groups is 1. The zero-order valence-electron chi connectivity index (χ0n) is 10.9. The molecule has 0 heterocycles. The maximum atomic E-state index is 10.9. The van der Waals surface area contributed by atoms with Crippen molar-refractivity contribution in [3.05, 3.63) is 29.3 Å². The van der Waals surface area contributed by atoms with E-state index in [1.54, 1.807) is 6.07 Å². The van der Waals surface area contributed by atoms with Crippen molar-refractivity contribution in [3.8, 4) is 0 Å². The molecule has 0 aromatic heterocycles. The van der Waals surface area contributed by atoms with E-state index in [1.807, 2.05) is 19.1 Å². The molecule has 1 atom stereocenters. The summed E-state index contributed by atoms with van der Waals surface area (Å²) in [4.78, 5) is 10.9. The van der Waals surface area contributed by atoms with Crippen LogP contribution in [0.15, 0.2) is 18.2 Å². The number of anilines is 1. The summed E-state index contributed by atoms with van der Waals surface area (Å²) in [5.74, 6) is 0.362. The molecule has 0 spiro atoms. The van der Waals surface area contributed by atoms with Crippen LogP contribution in [0, 0.1) is 18.8 Å². The summed E-state index contributed by atoms with van der Waals surface area (Å²) < 4.78 is 0. The number of benzene rings is 1. The highest BCUT2D eigenvalue weighted by Crippen LogP contribution is 2.17. The van der Waals surface area contributed by atoms with Gasteiger partial charge >= 0.3 is 5.97 Å². The highest BCUT2D eigenvalue weighted by atomic mass is 16.4. The highest BCUT2D eigenvalue weighted by Gasteiger charge is 2.09. The van der Waals surface area contributed by atoms with Gasteiger partial charge in [-0.25, -0.2) is 4.79 Å². The normalized spacial score (nSPS) is 12.5. The fourth-order valence-corrected chi connectivity index (χ4v) is 1.53. The lowest BCUT2D eigenvalue weighted by atomic mass is 9.98. The first-order valence-electron chi connectivity index (χ1n) is 5.99. The molecule has 0 aliphatic heterocycles. The summed E-state index contributed by atoms with van der Waals surface area (Å²) in [7, 11) is 0. The Bertz CT molecular complexity index is 399. The standard InChI is InChI=1S/C14H21NO2/c1-9(2)11(4)8-15-12-5-6-13(14(16)17)10(3)7-12/h5-7,9,11,15H,8H2,1-4H3,(H,16,17). The minimum absolute atomic E-state index is 0.368. The number of hydrogen-bond acceptors (Lipinski definition) is 2. The molecule has 0 saturated carbocycles. The van der Waals surface area contributed by atoms with Crippen LogP contribution in [0.4, 0.5) is 5.69 Å². The van der Waals surface area contributed by atoms with E-state index in [1.165, 1.54) is 0 Å². The van der Waals surface area contributed by atoms with Gasteiger partial charge in [-0.15, -0.1) is 0 Å². The Morgan fingerprint density at radius 3 is 2.47 bits per heavy atom. The van der Waals surface area contributed by atoms with Crippen molar-refractivity contribution in [3.63, 3.8) is 0 Å². The summed E-state index contributed by atoms with van der Waals surface area (Å²) in [6.07, 6.45) is 0. The minimum Gasteiger partial charge on any atom is -0.478 e. The Labute approximate surface area is 103 Å². The van der Waals surface area contributed by atoms with Gasteiger partial charge in [-0.3, -0.25) is 0 Å². The monoisotopic (exact) mass is 235 g/mol. The summed E-state index contributed by atoms with van der Waals surface area (Å²) in [5, 5.41) is 12.3. The van der Waals surface area contributed by atoms with Crippen LogP contribution in [0.25, 0.3) is 0 Å². The lowest BCUT2D eigenvalue weighted by Crippen LogP contribution is -2.16. The predicted molar refractivity (Wildman–Crippen MR) is 70.6 cm³/mol. The summed E-state index contributed by atoms with van der Waals surface area (Å²) in [5.41, 5.74) is 2.15. The fraction of sp³-hybridized carbons (Fsp3) is 0.500. The molecule has 2 N–H and O–H groups in total. The molecule has 3 nitrogen and oxygen atoms in total. The van der Waals surface area contributed by atoms with E-state index in [4.69, 9.17) is 5.11 Å². The van der Waals surface area contributed by atoms with Crippen molar-refractivity contribution in [1.29, 1.82) is 0 Å². The Balaban J connectivity index is 2.68. The Kier molecular flexibility index (Phi) is 4.55. The van der Waals surface area contributed by atoms with Crippen LogP contribution in [-0.4, -0.2) is 17.6 Å². The molecular formula is C14H21NO2. The van der Waals surface area contributed by atoms with E-state index in [9.17, 15) is 4.79 Å². The number of carboxylic acids is 1. The summed E-state index contributed by atoms with van der Waals surface area (Å²) >= 11 is 0. The predicted octanol–water partition coefficient (Wildman–Crippen LogP) is 3.40. The molecular weight excluding hydrogens is 214 g/mol. The van der Waals surface area contributed by atoms with Crippen molar-refractivity contribution >= 4 is 11.7 Å². The topological polar surface area (TPSA) is 49.3 Å². The quantitative estimate of drug-likeness (QED) is 0.822. The number of aromatic carboxylic acids is 1. The second-order valence-corrected chi connectivity index (χ2v) is 4.94. The van der Waals surface area contributed by atoms with E-state index < -0.39 is 5.97 Å². The van der Waals surface area contributed by atoms with Gasteiger partial charge in [0.15, 0.2) is 0 Å². The second kappa shape index (κ2) is 5.71. The largest absolute Gasteiger partial charge is 0.478 e. The third-order valence-corrected chi connectivity index (χ3v) is 3.22. The molecule has 0 bridgehead atoms. The molecule has 1 unspecified atom stereocenters. The van der Waals surface area contributed by atoms with Crippen LogP contribution in [0.5, 0.6) is 0 Å². The van der Waals surface area contributed by atoms with Gasteiger partial charge in [0, 0.05) is 12.2 Å². The SMILES string of the molecule is Cc1cc(NCC(C)C(C)C)ccc1C(=O)O. The molecule has 1 aromatic rings. The van der Waals surface area contributed by atoms with E-state index >= 15 is 0 Å². The van der Waals surface area contributed by atoms with E-state index in [0.29, 0.717) is 17.4 Å². The van der Waals surface area contributed by atoms with Crippen LogP contribution in [0.3, 0.4) is 0 Å². The van der Waals surface area contributed by atoms with Crippen molar-refractivity contribution in [2.24, 2.45) is 11.8 Å². The molecule has 17 heavy (non-hydrogen) atoms. The smallest absolute Gasteiger partial charge is 0.335 e. The maximum Gasteiger partial charge on any atom is 0.335 e. The molecule has 1 rings (SSSR count). The first-order valence-corrected chi connectivity index (χ1v) is 5.99. The second-order valence-electron chi connectivity index (χ2n) is 4.94. The zero-order valence-corrected chi connectivity index (χ0v) is 10.9.